The van der Waals surface area contributed by atoms with Crippen LogP contribution in [0.5, 0.6) is 5.75 Å². The van der Waals surface area contributed by atoms with Crippen LogP contribution in [-0.4, -0.2) is 60.9 Å². The van der Waals surface area contributed by atoms with Crippen LogP contribution in [0.3, 0.4) is 0 Å². The molecule has 1 saturated heterocycles. The number of hydrogen-bond acceptors (Lipinski definition) is 6. The number of rotatable bonds is 7. The number of nitrogens with zero attached hydrogens (tertiary/aromatic N) is 2. The van der Waals surface area contributed by atoms with Crippen LogP contribution in [0.25, 0.3) is 5.76 Å². The fraction of sp³-hybridized carbons (Fsp3) is 0.333. The molecular formula is C21H23ClN2O5. The molecule has 1 aromatic carbocycles. The summed E-state index contributed by atoms with van der Waals surface area (Å²) in [5.41, 5.74) is 0.301. The van der Waals surface area contributed by atoms with Crippen molar-refractivity contribution in [1.29, 1.82) is 0 Å². The number of furan rings is 1. The first-order valence-corrected chi connectivity index (χ1v) is 9.53. The highest BCUT2D eigenvalue weighted by Crippen LogP contribution is 2.40. The first kappa shape index (κ1) is 21.0. The fourth-order valence-corrected chi connectivity index (χ4v) is 3.64. The van der Waals surface area contributed by atoms with E-state index in [4.69, 9.17) is 20.8 Å². The molecule has 0 radical (unpaired) electrons. The SMILES string of the molecule is COc1ccc(C(O)=C2C(=O)C(=O)N(CCCN(C)C)[C@@H]2c2ccco2)cc1Cl. The zero-order valence-electron chi connectivity index (χ0n) is 16.5. The van der Waals surface area contributed by atoms with E-state index in [-0.39, 0.29) is 16.4 Å². The topological polar surface area (TPSA) is 83.2 Å². The molecule has 1 amide bonds. The summed E-state index contributed by atoms with van der Waals surface area (Å²) in [4.78, 5) is 29.0. The fourth-order valence-electron chi connectivity index (χ4n) is 3.38. The number of benzene rings is 1. The minimum atomic E-state index is -0.798. The second-order valence-corrected chi connectivity index (χ2v) is 7.42. The number of methoxy groups -OCH3 is 1. The summed E-state index contributed by atoms with van der Waals surface area (Å²) in [6.07, 6.45) is 2.14. The molecule has 1 aliphatic rings. The van der Waals surface area contributed by atoms with Crippen molar-refractivity contribution in [3.05, 3.63) is 58.5 Å². The first-order chi connectivity index (χ1) is 13.8. The van der Waals surface area contributed by atoms with E-state index in [9.17, 15) is 14.7 Å². The maximum absolute atomic E-state index is 12.8. The number of aliphatic hydroxyl groups excluding tert-OH is 1. The van der Waals surface area contributed by atoms with Crippen molar-refractivity contribution in [2.24, 2.45) is 0 Å². The van der Waals surface area contributed by atoms with E-state index in [0.717, 1.165) is 6.54 Å². The summed E-state index contributed by atoms with van der Waals surface area (Å²) in [7, 11) is 5.36. The smallest absolute Gasteiger partial charge is 0.295 e. The monoisotopic (exact) mass is 418 g/mol. The van der Waals surface area contributed by atoms with Crippen LogP contribution in [0.2, 0.25) is 5.02 Å². The van der Waals surface area contributed by atoms with Gasteiger partial charge < -0.3 is 24.1 Å². The number of halogens is 1. The standard InChI is InChI=1S/C21H23ClN2O5/c1-23(2)9-5-10-24-18(16-6-4-11-29-16)17(20(26)21(24)27)19(25)13-7-8-15(28-3)14(22)12-13/h4,6-8,11-12,18,25H,5,9-10H2,1-3H3/t18-/m1/s1. The lowest BCUT2D eigenvalue weighted by Gasteiger charge is -2.24. The Morgan fingerprint density at radius 1 is 1.31 bits per heavy atom. The molecule has 2 heterocycles. The number of likely N-dealkylation sites (tertiary alicyclic amines) is 1. The predicted octanol–water partition coefficient (Wildman–Crippen LogP) is 3.32. The van der Waals surface area contributed by atoms with Crippen LogP contribution in [0.15, 0.2) is 46.6 Å². The van der Waals surface area contributed by atoms with Crippen LogP contribution in [0.1, 0.15) is 23.8 Å². The van der Waals surface area contributed by atoms with Crippen LogP contribution in [0, 0.1) is 0 Å². The van der Waals surface area contributed by atoms with Gasteiger partial charge in [0.2, 0.25) is 0 Å². The molecule has 1 fully saturated rings. The number of carbonyl (C=O) groups is 2. The number of carbonyl (C=O) groups excluding carboxylic acids is 2. The van der Waals surface area contributed by atoms with Crippen LogP contribution in [0.4, 0.5) is 0 Å². The lowest BCUT2D eigenvalue weighted by molar-refractivity contribution is -0.140. The number of Topliss-reactive ketones (excluding diaryl/α,β-unsaturated/α-hetero) is 1. The molecule has 1 atom stereocenters. The minimum absolute atomic E-state index is 0.0176. The normalized spacial score (nSPS) is 18.7. The van der Waals surface area contributed by atoms with Gasteiger partial charge in [0.25, 0.3) is 11.7 Å². The maximum atomic E-state index is 12.8. The second-order valence-electron chi connectivity index (χ2n) is 7.01. The molecule has 0 saturated carbocycles. The molecule has 2 aromatic rings. The molecule has 3 rings (SSSR count). The molecule has 1 N–H and O–H groups in total. The van der Waals surface area contributed by atoms with Gasteiger partial charge in [-0.2, -0.15) is 0 Å². The molecule has 29 heavy (non-hydrogen) atoms. The number of amides is 1. The van der Waals surface area contributed by atoms with Crippen molar-refractivity contribution in [3.63, 3.8) is 0 Å². The Morgan fingerprint density at radius 2 is 2.07 bits per heavy atom. The van der Waals surface area contributed by atoms with Gasteiger partial charge in [0, 0.05) is 12.1 Å². The molecule has 1 aliphatic heterocycles. The number of ether oxygens (including phenoxy) is 1. The molecule has 0 bridgehead atoms. The molecule has 7 nitrogen and oxygen atoms in total. The highest BCUT2D eigenvalue weighted by molar-refractivity contribution is 6.46. The van der Waals surface area contributed by atoms with E-state index in [2.05, 4.69) is 0 Å². The summed E-state index contributed by atoms with van der Waals surface area (Å²) in [5.74, 6) is -0.860. The van der Waals surface area contributed by atoms with E-state index in [0.29, 0.717) is 30.0 Å². The van der Waals surface area contributed by atoms with Gasteiger partial charge in [-0.05, 0) is 57.4 Å². The summed E-state index contributed by atoms with van der Waals surface area (Å²) < 4.78 is 10.6. The third-order valence-electron chi connectivity index (χ3n) is 4.78. The van der Waals surface area contributed by atoms with Crippen molar-refractivity contribution >= 4 is 29.1 Å². The summed E-state index contributed by atoms with van der Waals surface area (Å²) in [6.45, 7) is 1.11. The molecule has 0 aliphatic carbocycles. The molecule has 154 valence electrons. The molecular weight excluding hydrogens is 396 g/mol. The highest BCUT2D eigenvalue weighted by Gasteiger charge is 2.47. The van der Waals surface area contributed by atoms with Gasteiger partial charge in [-0.1, -0.05) is 11.6 Å². The van der Waals surface area contributed by atoms with Crippen molar-refractivity contribution in [2.45, 2.75) is 12.5 Å². The van der Waals surface area contributed by atoms with E-state index in [1.54, 1.807) is 24.3 Å². The first-order valence-electron chi connectivity index (χ1n) is 9.15. The van der Waals surface area contributed by atoms with Crippen LogP contribution >= 0.6 is 11.6 Å². The van der Waals surface area contributed by atoms with Crippen LogP contribution in [-0.2, 0) is 9.59 Å². The van der Waals surface area contributed by atoms with E-state index in [1.165, 1.54) is 24.3 Å². The van der Waals surface area contributed by atoms with Gasteiger partial charge >= 0.3 is 0 Å². The number of ketones is 1. The largest absolute Gasteiger partial charge is 0.507 e. The lowest BCUT2D eigenvalue weighted by Crippen LogP contribution is -2.32. The Morgan fingerprint density at radius 3 is 2.66 bits per heavy atom. The Hall–Kier alpha value is -2.77. The van der Waals surface area contributed by atoms with E-state index >= 15 is 0 Å². The Bertz CT molecular complexity index is 937. The Labute approximate surface area is 174 Å². The number of aliphatic hydroxyl groups is 1. The summed E-state index contributed by atoms with van der Waals surface area (Å²) in [5, 5.41) is 11.2. The maximum Gasteiger partial charge on any atom is 0.295 e. The molecule has 0 spiro atoms. The third-order valence-corrected chi connectivity index (χ3v) is 5.08. The Kier molecular flexibility index (Phi) is 6.30. The average molecular weight is 419 g/mol. The summed E-state index contributed by atoms with van der Waals surface area (Å²) >= 11 is 6.16. The zero-order valence-corrected chi connectivity index (χ0v) is 17.3. The zero-order chi connectivity index (χ0) is 21.1. The van der Waals surface area contributed by atoms with Gasteiger partial charge in [-0.15, -0.1) is 0 Å². The van der Waals surface area contributed by atoms with Crippen LogP contribution < -0.4 is 4.74 Å². The van der Waals surface area contributed by atoms with E-state index < -0.39 is 17.7 Å². The molecule has 0 unspecified atom stereocenters. The minimum Gasteiger partial charge on any atom is -0.507 e. The van der Waals surface area contributed by atoms with Gasteiger partial charge in [0.1, 0.15) is 23.3 Å². The molecule has 8 heteroatoms. The van der Waals surface area contributed by atoms with Gasteiger partial charge in [-0.3, -0.25) is 9.59 Å². The quantitative estimate of drug-likeness (QED) is 0.422. The predicted molar refractivity (Wildman–Crippen MR) is 109 cm³/mol. The summed E-state index contributed by atoms with van der Waals surface area (Å²) in [6, 6.07) is 7.23. The Balaban J connectivity index is 2.05. The van der Waals surface area contributed by atoms with Gasteiger partial charge in [0.15, 0.2) is 0 Å². The molecule has 1 aromatic heterocycles. The van der Waals surface area contributed by atoms with Crippen molar-refractivity contribution < 1.29 is 23.8 Å². The third kappa shape index (κ3) is 4.16. The van der Waals surface area contributed by atoms with E-state index in [1.807, 2.05) is 19.0 Å². The van der Waals surface area contributed by atoms with Crippen molar-refractivity contribution in [1.82, 2.24) is 9.80 Å². The van der Waals surface area contributed by atoms with Gasteiger partial charge in [0.05, 0.1) is 24.0 Å². The second kappa shape index (κ2) is 8.71. The van der Waals surface area contributed by atoms with Gasteiger partial charge in [-0.25, -0.2) is 0 Å². The number of hydrogen-bond donors (Lipinski definition) is 1. The highest BCUT2D eigenvalue weighted by atomic mass is 35.5. The van der Waals surface area contributed by atoms with Crippen molar-refractivity contribution in [2.75, 3.05) is 34.3 Å². The average Bonchev–Trinajstić information content (AvgIpc) is 3.29. The lowest BCUT2D eigenvalue weighted by atomic mass is 9.99. The van der Waals surface area contributed by atoms with Crippen molar-refractivity contribution in [3.8, 4) is 5.75 Å².